The van der Waals surface area contributed by atoms with Gasteiger partial charge < -0.3 is 9.72 Å². The first-order valence-electron chi connectivity index (χ1n) is 8.96. The molecule has 0 saturated heterocycles. The number of Topliss-reactive ketones (excluding diaryl/α,β-unsaturated/α-hetero) is 1. The minimum absolute atomic E-state index is 0.173. The molecule has 3 rings (SSSR count). The van der Waals surface area contributed by atoms with Gasteiger partial charge in [0.05, 0.1) is 0 Å². The van der Waals surface area contributed by atoms with E-state index in [0.717, 1.165) is 22.9 Å². The number of ketones is 1. The van der Waals surface area contributed by atoms with Crippen LogP contribution in [0, 0.1) is 0 Å². The van der Waals surface area contributed by atoms with Crippen molar-refractivity contribution in [2.45, 2.75) is 39.2 Å². The highest BCUT2D eigenvalue weighted by Crippen LogP contribution is 2.19. The first-order chi connectivity index (χ1) is 12.6. The van der Waals surface area contributed by atoms with Crippen LogP contribution < -0.4 is 0 Å². The zero-order chi connectivity index (χ0) is 18.5. The quantitative estimate of drug-likeness (QED) is 0.505. The van der Waals surface area contributed by atoms with Crippen molar-refractivity contribution in [3.63, 3.8) is 0 Å². The Morgan fingerprint density at radius 3 is 2.54 bits per heavy atom. The molecule has 0 aliphatic heterocycles. The number of aromatic amines is 1. The van der Waals surface area contributed by atoms with E-state index in [-0.39, 0.29) is 18.2 Å². The molecule has 26 heavy (non-hydrogen) atoms. The van der Waals surface area contributed by atoms with Gasteiger partial charge in [0.1, 0.15) is 0 Å². The van der Waals surface area contributed by atoms with E-state index in [2.05, 4.69) is 11.9 Å². The summed E-state index contributed by atoms with van der Waals surface area (Å²) in [5.41, 5.74) is 3.87. The molecule has 3 aromatic rings. The van der Waals surface area contributed by atoms with Crippen LogP contribution in [0.4, 0.5) is 0 Å². The van der Waals surface area contributed by atoms with E-state index in [4.69, 9.17) is 4.74 Å². The summed E-state index contributed by atoms with van der Waals surface area (Å²) in [7, 11) is 0. The van der Waals surface area contributed by atoms with Gasteiger partial charge in [-0.3, -0.25) is 9.59 Å². The third kappa shape index (κ3) is 4.02. The maximum absolute atomic E-state index is 12.4. The zero-order valence-electron chi connectivity index (χ0n) is 15.1. The molecule has 0 amide bonds. The van der Waals surface area contributed by atoms with Gasteiger partial charge >= 0.3 is 5.97 Å². The van der Waals surface area contributed by atoms with Crippen LogP contribution in [0.1, 0.15) is 41.8 Å². The number of ether oxygens (including phenoxy) is 1. The molecule has 2 aromatic carbocycles. The Morgan fingerprint density at radius 2 is 1.81 bits per heavy atom. The van der Waals surface area contributed by atoms with Crippen molar-refractivity contribution < 1.29 is 14.3 Å². The molecule has 0 saturated carbocycles. The van der Waals surface area contributed by atoms with Crippen LogP contribution in [-0.4, -0.2) is 22.8 Å². The average Bonchev–Trinajstić information content (AvgIpc) is 3.09. The van der Waals surface area contributed by atoms with E-state index < -0.39 is 6.10 Å². The molecule has 1 aromatic heterocycles. The van der Waals surface area contributed by atoms with Crippen molar-refractivity contribution >= 4 is 22.7 Å². The van der Waals surface area contributed by atoms with Gasteiger partial charge in [0.15, 0.2) is 6.10 Å². The second-order valence-electron chi connectivity index (χ2n) is 6.41. The lowest BCUT2D eigenvalue weighted by Crippen LogP contribution is -2.24. The number of rotatable bonds is 7. The van der Waals surface area contributed by atoms with Crippen molar-refractivity contribution in [1.29, 1.82) is 0 Å². The lowest BCUT2D eigenvalue weighted by molar-refractivity contribution is -0.146. The van der Waals surface area contributed by atoms with Gasteiger partial charge in [-0.1, -0.05) is 49.4 Å². The highest BCUT2D eigenvalue weighted by atomic mass is 16.5. The maximum Gasteiger partial charge on any atom is 0.306 e. The Hall–Kier alpha value is -2.88. The van der Waals surface area contributed by atoms with Crippen LogP contribution in [0.25, 0.3) is 10.9 Å². The molecule has 0 radical (unpaired) electrons. The third-order valence-corrected chi connectivity index (χ3v) is 4.60. The van der Waals surface area contributed by atoms with Gasteiger partial charge in [0.2, 0.25) is 5.78 Å². The van der Waals surface area contributed by atoms with Crippen molar-refractivity contribution in [2.24, 2.45) is 0 Å². The van der Waals surface area contributed by atoms with E-state index in [9.17, 15) is 9.59 Å². The number of benzene rings is 2. The molecule has 4 heteroatoms. The summed E-state index contributed by atoms with van der Waals surface area (Å²) in [4.78, 5) is 27.7. The standard InChI is InChI=1S/C22H23NO3/c1-3-16-8-10-17(11-9-16)22(25)15(2)26-21(24)13-12-18-14-23-20-7-5-4-6-19(18)20/h4-11,14-15,23H,3,12-13H2,1-2H3. The molecule has 134 valence electrons. The van der Waals surface area contributed by atoms with Gasteiger partial charge in [-0.25, -0.2) is 0 Å². The number of fused-ring (bicyclic) bond motifs is 1. The number of para-hydroxylation sites is 1. The van der Waals surface area contributed by atoms with Crippen LogP contribution in [0.2, 0.25) is 0 Å². The zero-order valence-corrected chi connectivity index (χ0v) is 15.1. The van der Waals surface area contributed by atoms with Crippen LogP contribution in [0.15, 0.2) is 54.7 Å². The van der Waals surface area contributed by atoms with E-state index in [1.54, 1.807) is 19.1 Å². The molecule has 0 aliphatic carbocycles. The molecule has 0 fully saturated rings. The molecule has 1 N–H and O–H groups in total. The van der Waals surface area contributed by atoms with Gasteiger partial charge in [0, 0.05) is 29.1 Å². The Kier molecular flexibility index (Phi) is 5.52. The van der Waals surface area contributed by atoms with E-state index in [1.807, 2.05) is 42.6 Å². The number of hydrogen-bond donors (Lipinski definition) is 1. The summed E-state index contributed by atoms with van der Waals surface area (Å²) in [6.07, 6.45) is 2.88. The fourth-order valence-electron chi connectivity index (χ4n) is 3.02. The topological polar surface area (TPSA) is 59.2 Å². The molecular formula is C22H23NO3. The molecule has 4 nitrogen and oxygen atoms in total. The molecule has 1 atom stereocenters. The normalized spacial score (nSPS) is 12.1. The number of esters is 1. The van der Waals surface area contributed by atoms with Crippen molar-refractivity contribution in [3.8, 4) is 0 Å². The van der Waals surface area contributed by atoms with Crippen LogP contribution in [-0.2, 0) is 22.4 Å². The maximum atomic E-state index is 12.4. The lowest BCUT2D eigenvalue weighted by atomic mass is 10.0. The number of H-pyrrole nitrogens is 1. The van der Waals surface area contributed by atoms with Gasteiger partial charge in [-0.15, -0.1) is 0 Å². The van der Waals surface area contributed by atoms with Crippen LogP contribution in [0.3, 0.4) is 0 Å². The lowest BCUT2D eigenvalue weighted by Gasteiger charge is -2.12. The first-order valence-corrected chi connectivity index (χ1v) is 8.96. The summed E-state index contributed by atoms with van der Waals surface area (Å²) < 4.78 is 5.33. The second kappa shape index (κ2) is 8.00. The number of carbonyl (C=O) groups is 2. The summed E-state index contributed by atoms with van der Waals surface area (Å²) in [6, 6.07) is 15.4. The molecule has 0 aliphatic rings. The fraction of sp³-hybridized carbons (Fsp3) is 0.273. The minimum atomic E-state index is -0.780. The predicted octanol–water partition coefficient (Wildman–Crippen LogP) is 4.48. The second-order valence-corrected chi connectivity index (χ2v) is 6.41. The summed E-state index contributed by atoms with van der Waals surface area (Å²) >= 11 is 0. The van der Waals surface area contributed by atoms with Crippen molar-refractivity contribution in [1.82, 2.24) is 4.98 Å². The minimum Gasteiger partial charge on any atom is -0.454 e. The number of aryl methyl sites for hydroxylation is 2. The van der Waals surface area contributed by atoms with Crippen molar-refractivity contribution in [2.75, 3.05) is 0 Å². The monoisotopic (exact) mass is 349 g/mol. The third-order valence-electron chi connectivity index (χ3n) is 4.60. The molecule has 0 bridgehead atoms. The number of nitrogens with one attached hydrogen (secondary N) is 1. The number of aromatic nitrogens is 1. The van der Waals surface area contributed by atoms with E-state index in [1.165, 1.54) is 5.56 Å². The molecule has 0 spiro atoms. The largest absolute Gasteiger partial charge is 0.454 e. The van der Waals surface area contributed by atoms with Crippen LogP contribution in [0.5, 0.6) is 0 Å². The first kappa shape index (κ1) is 17.9. The van der Waals surface area contributed by atoms with E-state index >= 15 is 0 Å². The molecule has 1 unspecified atom stereocenters. The van der Waals surface area contributed by atoms with E-state index in [0.29, 0.717) is 12.0 Å². The highest BCUT2D eigenvalue weighted by Gasteiger charge is 2.19. The van der Waals surface area contributed by atoms with Gasteiger partial charge in [-0.2, -0.15) is 0 Å². The number of hydrogen-bond acceptors (Lipinski definition) is 3. The van der Waals surface area contributed by atoms with Gasteiger partial charge in [0.25, 0.3) is 0 Å². The molecule has 1 heterocycles. The predicted molar refractivity (Wildman–Crippen MR) is 102 cm³/mol. The summed E-state index contributed by atoms with van der Waals surface area (Å²) in [5, 5.41) is 1.11. The number of carbonyl (C=O) groups excluding carboxylic acids is 2. The Balaban J connectivity index is 1.56. The summed E-state index contributed by atoms with van der Waals surface area (Å²) in [5.74, 6) is -0.533. The smallest absolute Gasteiger partial charge is 0.306 e. The van der Waals surface area contributed by atoms with Crippen molar-refractivity contribution in [3.05, 3.63) is 71.4 Å². The fourth-order valence-corrected chi connectivity index (χ4v) is 3.02. The average molecular weight is 349 g/mol. The molecular weight excluding hydrogens is 326 g/mol. The highest BCUT2D eigenvalue weighted by molar-refractivity contribution is 6.00. The summed E-state index contributed by atoms with van der Waals surface area (Å²) in [6.45, 7) is 3.69. The Morgan fingerprint density at radius 1 is 1.08 bits per heavy atom. The van der Waals surface area contributed by atoms with Crippen LogP contribution >= 0.6 is 0 Å². The Labute approximate surface area is 153 Å². The Bertz CT molecular complexity index is 909. The SMILES string of the molecule is CCc1ccc(C(=O)C(C)OC(=O)CCc2c[nH]c3ccccc23)cc1. The van der Waals surface area contributed by atoms with Gasteiger partial charge in [-0.05, 0) is 37.0 Å².